The predicted molar refractivity (Wildman–Crippen MR) is 74.6 cm³/mol. The van der Waals surface area contributed by atoms with Crippen LogP contribution in [0.25, 0.3) is 0 Å². The van der Waals surface area contributed by atoms with Gasteiger partial charge in [-0.05, 0) is 38.0 Å². The SMILES string of the molecule is CCOC1(c2nc(C(=O)O)cs2)CCC(C)(C)CC1. The Morgan fingerprint density at radius 2 is 2.05 bits per heavy atom. The number of ether oxygens (including phenoxy) is 1. The highest BCUT2D eigenvalue weighted by Crippen LogP contribution is 2.48. The molecule has 0 atom stereocenters. The molecule has 5 heteroatoms. The lowest BCUT2D eigenvalue weighted by atomic mass is 9.71. The maximum absolute atomic E-state index is 11.0. The van der Waals surface area contributed by atoms with Crippen LogP contribution in [0.15, 0.2) is 5.38 Å². The van der Waals surface area contributed by atoms with Crippen LogP contribution in [0.1, 0.15) is 62.0 Å². The maximum atomic E-state index is 11.0. The van der Waals surface area contributed by atoms with E-state index < -0.39 is 5.97 Å². The standard InChI is InChI=1S/C14H21NO3S/c1-4-18-14(7-5-13(2,3)6-8-14)12-15-10(9-19-12)11(16)17/h9H,4-8H2,1-3H3,(H,16,17). The number of nitrogens with zero attached hydrogens (tertiary/aromatic N) is 1. The summed E-state index contributed by atoms with van der Waals surface area (Å²) in [5.74, 6) is -0.967. The summed E-state index contributed by atoms with van der Waals surface area (Å²) in [7, 11) is 0. The summed E-state index contributed by atoms with van der Waals surface area (Å²) >= 11 is 1.41. The average molecular weight is 283 g/mol. The molecule has 0 aromatic carbocycles. The molecule has 1 saturated carbocycles. The fourth-order valence-electron chi connectivity index (χ4n) is 2.61. The number of carbonyl (C=O) groups is 1. The Morgan fingerprint density at radius 3 is 2.53 bits per heavy atom. The van der Waals surface area contributed by atoms with E-state index >= 15 is 0 Å². The van der Waals surface area contributed by atoms with E-state index in [0.717, 1.165) is 30.7 Å². The van der Waals surface area contributed by atoms with Crippen molar-refractivity contribution in [3.63, 3.8) is 0 Å². The van der Waals surface area contributed by atoms with Gasteiger partial charge >= 0.3 is 5.97 Å². The first-order chi connectivity index (χ1) is 8.88. The van der Waals surface area contributed by atoms with Gasteiger partial charge in [0, 0.05) is 12.0 Å². The number of hydrogen-bond donors (Lipinski definition) is 1. The molecule has 106 valence electrons. The van der Waals surface area contributed by atoms with Crippen molar-refractivity contribution in [2.75, 3.05) is 6.61 Å². The topological polar surface area (TPSA) is 59.4 Å². The lowest BCUT2D eigenvalue weighted by molar-refractivity contribution is -0.0890. The Morgan fingerprint density at radius 1 is 1.42 bits per heavy atom. The van der Waals surface area contributed by atoms with Gasteiger partial charge in [0.25, 0.3) is 0 Å². The van der Waals surface area contributed by atoms with Gasteiger partial charge in [-0.25, -0.2) is 9.78 Å². The second-order valence-electron chi connectivity index (χ2n) is 5.93. The highest BCUT2D eigenvalue weighted by molar-refractivity contribution is 7.10. The summed E-state index contributed by atoms with van der Waals surface area (Å²) in [6.07, 6.45) is 3.99. The number of carboxylic acids is 1. The molecule has 1 aliphatic rings. The van der Waals surface area contributed by atoms with E-state index in [-0.39, 0.29) is 11.3 Å². The van der Waals surface area contributed by atoms with Crippen molar-refractivity contribution in [1.82, 2.24) is 4.98 Å². The molecule has 0 radical (unpaired) electrons. The zero-order valence-electron chi connectivity index (χ0n) is 11.7. The summed E-state index contributed by atoms with van der Waals surface area (Å²) in [6, 6.07) is 0. The van der Waals surface area contributed by atoms with Crippen LogP contribution in [-0.2, 0) is 10.3 Å². The molecule has 19 heavy (non-hydrogen) atoms. The Labute approximate surface area is 117 Å². The van der Waals surface area contributed by atoms with E-state index in [1.54, 1.807) is 5.38 Å². The third kappa shape index (κ3) is 2.98. The Balaban J connectivity index is 2.26. The monoisotopic (exact) mass is 283 g/mol. The van der Waals surface area contributed by atoms with Crippen LogP contribution in [-0.4, -0.2) is 22.7 Å². The Hall–Kier alpha value is -0.940. The molecule has 1 aromatic rings. The smallest absolute Gasteiger partial charge is 0.355 e. The van der Waals surface area contributed by atoms with Crippen molar-refractivity contribution in [3.05, 3.63) is 16.1 Å². The predicted octanol–water partition coefficient (Wildman–Crippen LogP) is 3.67. The van der Waals surface area contributed by atoms with Crippen LogP contribution in [0.5, 0.6) is 0 Å². The number of aromatic carboxylic acids is 1. The molecule has 0 unspecified atom stereocenters. The lowest BCUT2D eigenvalue weighted by Crippen LogP contribution is -2.37. The van der Waals surface area contributed by atoms with Gasteiger partial charge in [-0.15, -0.1) is 11.3 Å². The number of hydrogen-bond acceptors (Lipinski definition) is 4. The van der Waals surface area contributed by atoms with Gasteiger partial charge in [-0.1, -0.05) is 13.8 Å². The van der Waals surface area contributed by atoms with E-state index in [4.69, 9.17) is 9.84 Å². The van der Waals surface area contributed by atoms with Crippen LogP contribution in [0.4, 0.5) is 0 Å². The largest absolute Gasteiger partial charge is 0.476 e. The molecule has 1 N–H and O–H groups in total. The first-order valence-corrected chi connectivity index (χ1v) is 7.60. The van der Waals surface area contributed by atoms with Crippen molar-refractivity contribution in [1.29, 1.82) is 0 Å². The second kappa shape index (κ2) is 5.21. The molecule has 1 aromatic heterocycles. The zero-order valence-corrected chi connectivity index (χ0v) is 12.5. The molecule has 0 amide bonds. The molecule has 0 aliphatic heterocycles. The van der Waals surface area contributed by atoms with Gasteiger partial charge in [0.2, 0.25) is 0 Å². The van der Waals surface area contributed by atoms with Gasteiger partial charge in [0.05, 0.1) is 0 Å². The van der Waals surface area contributed by atoms with Crippen LogP contribution in [0.2, 0.25) is 0 Å². The van der Waals surface area contributed by atoms with Gasteiger partial charge in [-0.3, -0.25) is 0 Å². The first kappa shape index (κ1) is 14.5. The van der Waals surface area contributed by atoms with Crippen molar-refractivity contribution in [2.45, 2.75) is 52.1 Å². The van der Waals surface area contributed by atoms with Crippen molar-refractivity contribution in [3.8, 4) is 0 Å². The van der Waals surface area contributed by atoms with Crippen molar-refractivity contribution in [2.24, 2.45) is 5.41 Å². The summed E-state index contributed by atoms with van der Waals surface area (Å²) in [4.78, 5) is 15.2. The third-order valence-corrected chi connectivity index (χ3v) is 4.97. The van der Waals surface area contributed by atoms with Crippen LogP contribution < -0.4 is 0 Å². The minimum absolute atomic E-state index is 0.129. The third-order valence-electron chi connectivity index (χ3n) is 3.94. The second-order valence-corrected chi connectivity index (χ2v) is 6.79. The van der Waals surface area contributed by atoms with Gasteiger partial charge in [0.15, 0.2) is 5.69 Å². The lowest BCUT2D eigenvalue weighted by Gasteiger charge is -2.42. The molecule has 2 rings (SSSR count). The molecule has 1 heterocycles. The van der Waals surface area contributed by atoms with Crippen LogP contribution in [0, 0.1) is 5.41 Å². The van der Waals surface area contributed by atoms with Gasteiger partial charge < -0.3 is 9.84 Å². The van der Waals surface area contributed by atoms with E-state index in [1.165, 1.54) is 11.3 Å². The van der Waals surface area contributed by atoms with Crippen LogP contribution in [0.3, 0.4) is 0 Å². The summed E-state index contributed by atoms with van der Waals surface area (Å²) < 4.78 is 6.00. The number of rotatable bonds is 4. The minimum Gasteiger partial charge on any atom is -0.476 e. The summed E-state index contributed by atoms with van der Waals surface area (Å²) in [5.41, 5.74) is 0.0970. The zero-order chi connectivity index (χ0) is 14.1. The molecule has 1 aliphatic carbocycles. The average Bonchev–Trinajstić information content (AvgIpc) is 2.83. The van der Waals surface area contributed by atoms with Crippen molar-refractivity contribution >= 4 is 17.3 Å². The maximum Gasteiger partial charge on any atom is 0.355 e. The highest BCUT2D eigenvalue weighted by Gasteiger charge is 2.42. The van der Waals surface area contributed by atoms with Crippen LogP contribution >= 0.6 is 11.3 Å². The normalized spacial score (nSPS) is 21.2. The summed E-state index contributed by atoms with van der Waals surface area (Å²) in [5, 5.41) is 11.4. The number of aromatic nitrogens is 1. The first-order valence-electron chi connectivity index (χ1n) is 6.72. The fraction of sp³-hybridized carbons (Fsp3) is 0.714. The fourth-order valence-corrected chi connectivity index (χ4v) is 3.61. The molecule has 1 fully saturated rings. The van der Waals surface area contributed by atoms with Gasteiger partial charge in [0.1, 0.15) is 10.6 Å². The molecule has 0 bridgehead atoms. The van der Waals surface area contributed by atoms with E-state index in [2.05, 4.69) is 18.8 Å². The quantitative estimate of drug-likeness (QED) is 0.915. The van der Waals surface area contributed by atoms with E-state index in [9.17, 15) is 4.79 Å². The molecule has 0 spiro atoms. The number of thiazole rings is 1. The Bertz CT molecular complexity index is 457. The molecule has 4 nitrogen and oxygen atoms in total. The number of carboxylic acid groups (broad SMARTS) is 1. The van der Waals surface area contributed by atoms with E-state index in [0.29, 0.717) is 12.0 Å². The van der Waals surface area contributed by atoms with E-state index in [1.807, 2.05) is 6.92 Å². The molecular formula is C14H21NO3S. The minimum atomic E-state index is -0.967. The van der Waals surface area contributed by atoms with Crippen molar-refractivity contribution < 1.29 is 14.6 Å². The molecular weight excluding hydrogens is 262 g/mol. The highest BCUT2D eigenvalue weighted by atomic mass is 32.1. The summed E-state index contributed by atoms with van der Waals surface area (Å²) in [6.45, 7) is 7.15. The molecule has 0 saturated heterocycles. The Kier molecular flexibility index (Phi) is 3.97. The van der Waals surface area contributed by atoms with Gasteiger partial charge in [-0.2, -0.15) is 0 Å².